The van der Waals surface area contributed by atoms with Gasteiger partial charge in [-0.3, -0.25) is 4.90 Å². The van der Waals surface area contributed by atoms with Crippen molar-refractivity contribution in [3.63, 3.8) is 0 Å². The molecule has 0 saturated carbocycles. The van der Waals surface area contributed by atoms with Gasteiger partial charge < -0.3 is 5.73 Å². The Morgan fingerprint density at radius 1 is 1.28 bits per heavy atom. The fourth-order valence-electron chi connectivity index (χ4n) is 2.39. The highest BCUT2D eigenvalue weighted by atomic mass is 79.9. The van der Waals surface area contributed by atoms with Crippen LogP contribution in [0.3, 0.4) is 0 Å². The molecule has 1 aromatic rings. The van der Waals surface area contributed by atoms with E-state index in [0.29, 0.717) is 0 Å². The molecule has 0 bridgehead atoms. The largest absolute Gasteiger partial charge is 0.326 e. The lowest BCUT2D eigenvalue weighted by Gasteiger charge is -2.32. The van der Waals surface area contributed by atoms with E-state index in [-0.39, 0.29) is 12.1 Å². The van der Waals surface area contributed by atoms with E-state index in [1.165, 1.54) is 24.8 Å². The second kappa shape index (κ2) is 7.93. The maximum absolute atomic E-state index is 6.18. The summed E-state index contributed by atoms with van der Waals surface area (Å²) >= 11 is 3.63. The number of unbranched alkanes of at least 4 members (excludes halogenated alkanes) is 2. The third kappa shape index (κ3) is 4.38. The van der Waals surface area contributed by atoms with Crippen molar-refractivity contribution >= 4 is 15.9 Å². The minimum atomic E-state index is 0.121. The SMILES string of the molecule is CCCCCN(C)C(c1ccccc1Br)C(C)N. The van der Waals surface area contributed by atoms with E-state index < -0.39 is 0 Å². The summed E-state index contributed by atoms with van der Waals surface area (Å²) in [6.07, 6.45) is 3.78. The molecule has 1 rings (SSSR count). The average molecular weight is 313 g/mol. The summed E-state index contributed by atoms with van der Waals surface area (Å²) in [7, 11) is 2.17. The zero-order valence-electron chi connectivity index (χ0n) is 11.7. The quantitative estimate of drug-likeness (QED) is 0.772. The smallest absolute Gasteiger partial charge is 0.0504 e. The first-order chi connectivity index (χ1) is 8.57. The van der Waals surface area contributed by atoms with Crippen molar-refractivity contribution in [2.75, 3.05) is 13.6 Å². The van der Waals surface area contributed by atoms with Gasteiger partial charge in [0.15, 0.2) is 0 Å². The van der Waals surface area contributed by atoms with Crippen molar-refractivity contribution < 1.29 is 0 Å². The number of nitrogens with zero attached hydrogens (tertiary/aromatic N) is 1. The maximum Gasteiger partial charge on any atom is 0.0504 e. The van der Waals surface area contributed by atoms with Gasteiger partial charge in [0.1, 0.15) is 0 Å². The number of hydrogen-bond acceptors (Lipinski definition) is 2. The van der Waals surface area contributed by atoms with Crippen molar-refractivity contribution in [3.8, 4) is 0 Å². The molecule has 1 aromatic carbocycles. The second-order valence-electron chi connectivity index (χ2n) is 5.01. The predicted molar refractivity (Wildman–Crippen MR) is 82.7 cm³/mol. The van der Waals surface area contributed by atoms with Crippen molar-refractivity contribution in [3.05, 3.63) is 34.3 Å². The molecule has 0 spiro atoms. The van der Waals surface area contributed by atoms with Crippen LogP contribution < -0.4 is 5.73 Å². The maximum atomic E-state index is 6.18. The molecular formula is C15H25BrN2. The van der Waals surface area contributed by atoms with Gasteiger partial charge in [-0.05, 0) is 38.6 Å². The molecule has 0 aliphatic heterocycles. The van der Waals surface area contributed by atoms with Crippen LogP contribution in [0.2, 0.25) is 0 Å². The van der Waals surface area contributed by atoms with Crippen molar-refractivity contribution in [1.82, 2.24) is 4.90 Å². The molecule has 0 saturated heterocycles. The highest BCUT2D eigenvalue weighted by molar-refractivity contribution is 9.10. The average Bonchev–Trinajstić information content (AvgIpc) is 2.32. The lowest BCUT2D eigenvalue weighted by Crippen LogP contribution is -2.38. The van der Waals surface area contributed by atoms with Gasteiger partial charge in [-0.25, -0.2) is 0 Å². The first-order valence-corrected chi connectivity index (χ1v) is 7.57. The van der Waals surface area contributed by atoms with Gasteiger partial charge in [0, 0.05) is 10.5 Å². The molecule has 3 heteroatoms. The summed E-state index contributed by atoms with van der Waals surface area (Å²) in [5, 5.41) is 0. The van der Waals surface area contributed by atoms with Crippen LogP contribution in [0.5, 0.6) is 0 Å². The first-order valence-electron chi connectivity index (χ1n) is 6.78. The van der Waals surface area contributed by atoms with E-state index in [1.54, 1.807) is 0 Å². The lowest BCUT2D eigenvalue weighted by molar-refractivity contribution is 0.214. The lowest BCUT2D eigenvalue weighted by atomic mass is 9.99. The van der Waals surface area contributed by atoms with Gasteiger partial charge in [0.05, 0.1) is 6.04 Å². The van der Waals surface area contributed by atoms with Crippen LogP contribution in [0.25, 0.3) is 0 Å². The van der Waals surface area contributed by atoms with Gasteiger partial charge in [-0.1, -0.05) is 53.9 Å². The van der Waals surface area contributed by atoms with Crippen molar-refractivity contribution in [1.29, 1.82) is 0 Å². The van der Waals surface area contributed by atoms with Crippen LogP contribution >= 0.6 is 15.9 Å². The fourth-order valence-corrected chi connectivity index (χ4v) is 2.91. The van der Waals surface area contributed by atoms with Gasteiger partial charge in [0.25, 0.3) is 0 Å². The number of halogens is 1. The molecule has 2 nitrogen and oxygen atoms in total. The molecule has 0 amide bonds. The monoisotopic (exact) mass is 312 g/mol. The molecule has 102 valence electrons. The van der Waals surface area contributed by atoms with E-state index in [0.717, 1.165) is 11.0 Å². The molecule has 0 aliphatic rings. The molecule has 2 atom stereocenters. The highest BCUT2D eigenvalue weighted by Gasteiger charge is 2.22. The van der Waals surface area contributed by atoms with Crippen molar-refractivity contribution in [2.24, 2.45) is 5.73 Å². The van der Waals surface area contributed by atoms with E-state index in [4.69, 9.17) is 5.73 Å². The molecule has 0 aliphatic carbocycles. The summed E-state index contributed by atoms with van der Waals surface area (Å²) in [5.74, 6) is 0. The van der Waals surface area contributed by atoms with Gasteiger partial charge in [-0.2, -0.15) is 0 Å². The Balaban J connectivity index is 2.79. The fraction of sp³-hybridized carbons (Fsp3) is 0.600. The Kier molecular flexibility index (Phi) is 6.90. The number of nitrogens with two attached hydrogens (primary N) is 1. The molecule has 2 unspecified atom stereocenters. The van der Waals surface area contributed by atoms with Crippen LogP contribution in [0.4, 0.5) is 0 Å². The molecule has 0 fully saturated rings. The Morgan fingerprint density at radius 2 is 1.94 bits per heavy atom. The topological polar surface area (TPSA) is 29.3 Å². The van der Waals surface area contributed by atoms with Crippen molar-refractivity contribution in [2.45, 2.75) is 45.2 Å². The minimum Gasteiger partial charge on any atom is -0.326 e. The van der Waals surface area contributed by atoms with E-state index in [9.17, 15) is 0 Å². The van der Waals surface area contributed by atoms with Gasteiger partial charge in [-0.15, -0.1) is 0 Å². The van der Waals surface area contributed by atoms with Crippen LogP contribution in [-0.2, 0) is 0 Å². The van der Waals surface area contributed by atoms with Gasteiger partial charge >= 0.3 is 0 Å². The van der Waals surface area contributed by atoms with E-state index in [1.807, 2.05) is 6.07 Å². The molecule has 0 heterocycles. The summed E-state index contributed by atoms with van der Waals surface area (Å²) in [6, 6.07) is 8.77. The molecule has 0 aromatic heterocycles. The standard InChI is InChI=1S/C15H25BrN2/c1-4-5-8-11-18(3)15(12(2)17)13-9-6-7-10-14(13)16/h6-7,9-10,12,15H,4-5,8,11,17H2,1-3H3. The molecule has 18 heavy (non-hydrogen) atoms. The third-order valence-corrected chi connectivity index (χ3v) is 4.03. The molecular weight excluding hydrogens is 288 g/mol. The summed E-state index contributed by atoms with van der Waals surface area (Å²) in [6.45, 7) is 5.42. The first kappa shape index (κ1) is 15.7. The number of hydrogen-bond donors (Lipinski definition) is 1. The number of benzene rings is 1. The Hall–Kier alpha value is -0.380. The Bertz CT molecular complexity index is 352. The normalized spacial score (nSPS) is 14.8. The number of rotatable bonds is 7. The second-order valence-corrected chi connectivity index (χ2v) is 5.87. The predicted octanol–water partition coefficient (Wildman–Crippen LogP) is 3.96. The minimum absolute atomic E-state index is 0.121. The van der Waals surface area contributed by atoms with E-state index in [2.05, 4.69) is 59.9 Å². The molecule has 2 N–H and O–H groups in total. The number of likely N-dealkylation sites (N-methyl/N-ethyl adjacent to an activating group) is 1. The summed E-state index contributed by atoms with van der Waals surface area (Å²) < 4.78 is 1.15. The van der Waals surface area contributed by atoms with Crippen LogP contribution in [0, 0.1) is 0 Å². The van der Waals surface area contributed by atoms with Crippen LogP contribution in [0.1, 0.15) is 44.7 Å². The Morgan fingerprint density at radius 3 is 2.50 bits per heavy atom. The third-order valence-electron chi connectivity index (χ3n) is 3.31. The summed E-state index contributed by atoms with van der Waals surface area (Å²) in [5.41, 5.74) is 7.46. The zero-order valence-corrected chi connectivity index (χ0v) is 13.3. The highest BCUT2D eigenvalue weighted by Crippen LogP contribution is 2.29. The zero-order chi connectivity index (χ0) is 13.5. The summed E-state index contributed by atoms with van der Waals surface area (Å²) in [4.78, 5) is 2.38. The van der Waals surface area contributed by atoms with Crippen LogP contribution in [0.15, 0.2) is 28.7 Å². The van der Waals surface area contributed by atoms with E-state index >= 15 is 0 Å². The molecule has 0 radical (unpaired) electrons. The Labute approximate surface area is 120 Å². The van der Waals surface area contributed by atoms with Gasteiger partial charge in [0.2, 0.25) is 0 Å². The van der Waals surface area contributed by atoms with Crippen LogP contribution in [-0.4, -0.2) is 24.5 Å².